The molecule has 0 bridgehead atoms. The Morgan fingerprint density at radius 2 is 1.75 bits per heavy atom. The fourth-order valence-electron chi connectivity index (χ4n) is 3.75. The minimum Gasteiger partial charge on any atom is -0.342 e. The van der Waals surface area contributed by atoms with Crippen molar-refractivity contribution < 1.29 is 14.5 Å². The Morgan fingerprint density at radius 1 is 1.03 bits per heavy atom. The molecule has 4 rings (SSSR count). The number of nitro groups is 1. The van der Waals surface area contributed by atoms with E-state index in [1.54, 1.807) is 41.0 Å². The van der Waals surface area contributed by atoms with Gasteiger partial charge in [0.1, 0.15) is 0 Å². The Morgan fingerprint density at radius 3 is 2.42 bits per heavy atom. The molecule has 4 aromatic rings. The molecule has 3 aromatic carbocycles. The molecule has 0 spiro atoms. The molecule has 0 aliphatic rings. The summed E-state index contributed by atoms with van der Waals surface area (Å²) in [5.41, 5.74) is 4.26. The number of carbonyl (C=O) groups is 2. The number of amides is 2. The second-order valence-corrected chi connectivity index (χ2v) is 8.39. The fraction of sp³-hybridized carbons (Fsp3) is 0.148. The normalized spacial score (nSPS) is 10.6. The first-order valence-corrected chi connectivity index (χ1v) is 11.3. The number of hydrogen-bond donors (Lipinski definition) is 1. The Balaban J connectivity index is 1.59. The number of non-ortho nitro benzene ring substituents is 1. The molecule has 1 aromatic heterocycles. The van der Waals surface area contributed by atoms with Gasteiger partial charge in [0.2, 0.25) is 11.8 Å². The molecule has 9 heteroatoms. The second kappa shape index (κ2) is 10.6. The monoisotopic (exact) mass is 483 g/mol. The van der Waals surface area contributed by atoms with Crippen LogP contribution in [0.2, 0.25) is 0 Å². The van der Waals surface area contributed by atoms with E-state index in [2.05, 4.69) is 10.4 Å². The van der Waals surface area contributed by atoms with Gasteiger partial charge in [0.05, 0.1) is 22.7 Å². The number of nitrogens with one attached hydrogen (secondary N) is 1. The van der Waals surface area contributed by atoms with Crippen molar-refractivity contribution in [1.29, 1.82) is 0 Å². The van der Waals surface area contributed by atoms with Gasteiger partial charge >= 0.3 is 0 Å². The molecule has 0 saturated heterocycles. The molecule has 182 valence electrons. The molecule has 0 aliphatic carbocycles. The van der Waals surface area contributed by atoms with Crippen molar-refractivity contribution >= 4 is 23.2 Å². The molecule has 0 unspecified atom stereocenters. The number of anilines is 1. The van der Waals surface area contributed by atoms with E-state index >= 15 is 0 Å². The lowest BCUT2D eigenvalue weighted by atomic mass is 10.1. The van der Waals surface area contributed by atoms with E-state index < -0.39 is 4.92 Å². The molecule has 0 radical (unpaired) electrons. The van der Waals surface area contributed by atoms with Crippen molar-refractivity contribution in [2.75, 3.05) is 12.4 Å². The Labute approximate surface area is 208 Å². The van der Waals surface area contributed by atoms with E-state index in [0.29, 0.717) is 29.1 Å². The highest BCUT2D eigenvalue weighted by Crippen LogP contribution is 2.26. The average Bonchev–Trinajstić information content (AvgIpc) is 3.28. The number of nitro benzene ring substituents is 1. The lowest BCUT2D eigenvalue weighted by Gasteiger charge is -2.15. The van der Waals surface area contributed by atoms with E-state index in [0.717, 1.165) is 11.3 Å². The van der Waals surface area contributed by atoms with Crippen molar-refractivity contribution in [3.05, 3.63) is 106 Å². The zero-order valence-corrected chi connectivity index (χ0v) is 19.9. The van der Waals surface area contributed by atoms with E-state index in [-0.39, 0.29) is 23.9 Å². The number of carbonyl (C=O) groups excluding carboxylic acids is 2. The van der Waals surface area contributed by atoms with Crippen molar-refractivity contribution in [2.24, 2.45) is 0 Å². The van der Waals surface area contributed by atoms with Crippen LogP contribution >= 0.6 is 0 Å². The molecule has 0 saturated carbocycles. The summed E-state index contributed by atoms with van der Waals surface area (Å²) in [4.78, 5) is 36.7. The smallest absolute Gasteiger partial charge is 0.269 e. The summed E-state index contributed by atoms with van der Waals surface area (Å²) in [6.07, 6.45) is 1.85. The van der Waals surface area contributed by atoms with Crippen LogP contribution in [0.15, 0.2) is 85.1 Å². The number of para-hydroxylation sites is 1. The summed E-state index contributed by atoms with van der Waals surface area (Å²) >= 11 is 0. The fourth-order valence-corrected chi connectivity index (χ4v) is 3.75. The molecular formula is C27H25N5O4. The van der Waals surface area contributed by atoms with Crippen molar-refractivity contribution in [2.45, 2.75) is 19.9 Å². The molecule has 0 aliphatic heterocycles. The maximum absolute atomic E-state index is 13.0. The maximum Gasteiger partial charge on any atom is 0.269 e. The average molecular weight is 484 g/mol. The minimum absolute atomic E-state index is 0.0177. The molecule has 9 nitrogen and oxygen atoms in total. The van der Waals surface area contributed by atoms with Crippen LogP contribution in [0, 0.1) is 10.1 Å². The van der Waals surface area contributed by atoms with E-state index in [1.165, 1.54) is 19.1 Å². The third-order valence-electron chi connectivity index (χ3n) is 5.68. The topological polar surface area (TPSA) is 110 Å². The number of hydrogen-bond acceptors (Lipinski definition) is 5. The first kappa shape index (κ1) is 24.3. The summed E-state index contributed by atoms with van der Waals surface area (Å²) in [6.45, 7) is 1.94. The number of nitrogens with zero attached hydrogens (tertiary/aromatic N) is 4. The zero-order valence-electron chi connectivity index (χ0n) is 19.9. The summed E-state index contributed by atoms with van der Waals surface area (Å²) in [5, 5.41) is 18.6. The number of benzene rings is 3. The highest BCUT2D eigenvalue weighted by atomic mass is 16.6. The van der Waals surface area contributed by atoms with Crippen LogP contribution in [0.25, 0.3) is 16.9 Å². The minimum atomic E-state index is -0.455. The standard InChI is InChI=1S/C27H25N5O4/c1-19(33)30(2)17-20-7-6-8-23(15-20)28-26(34)16-22-18-31(24-9-4-3-5-10-24)29-27(22)21-11-13-25(14-12-21)32(35)36/h3-15,18H,16-17H2,1-2H3,(H,28,34). The lowest BCUT2D eigenvalue weighted by molar-refractivity contribution is -0.384. The predicted octanol–water partition coefficient (Wildman–Crippen LogP) is 4.61. The predicted molar refractivity (Wildman–Crippen MR) is 137 cm³/mol. The van der Waals surface area contributed by atoms with Gasteiger partial charge < -0.3 is 10.2 Å². The molecular weight excluding hydrogens is 458 g/mol. The molecule has 36 heavy (non-hydrogen) atoms. The van der Waals surface area contributed by atoms with Crippen LogP contribution in [0.4, 0.5) is 11.4 Å². The van der Waals surface area contributed by atoms with Gasteiger partial charge in [-0.25, -0.2) is 4.68 Å². The third kappa shape index (κ3) is 5.82. The van der Waals surface area contributed by atoms with Crippen LogP contribution in [0.1, 0.15) is 18.1 Å². The quantitative estimate of drug-likeness (QED) is 0.291. The summed E-state index contributed by atoms with van der Waals surface area (Å²) < 4.78 is 1.69. The molecule has 1 heterocycles. The molecule has 0 fully saturated rings. The third-order valence-corrected chi connectivity index (χ3v) is 5.68. The van der Waals surface area contributed by atoms with Crippen LogP contribution in [0.3, 0.4) is 0 Å². The van der Waals surface area contributed by atoms with Crippen LogP contribution < -0.4 is 5.32 Å². The van der Waals surface area contributed by atoms with Gasteiger partial charge in [-0.1, -0.05) is 30.3 Å². The molecule has 1 N–H and O–H groups in total. The second-order valence-electron chi connectivity index (χ2n) is 8.39. The lowest BCUT2D eigenvalue weighted by Crippen LogP contribution is -2.23. The van der Waals surface area contributed by atoms with Crippen molar-refractivity contribution in [3.63, 3.8) is 0 Å². The van der Waals surface area contributed by atoms with E-state index in [4.69, 9.17) is 0 Å². The number of rotatable bonds is 8. The van der Waals surface area contributed by atoms with Gasteiger partial charge in [0.15, 0.2) is 0 Å². The van der Waals surface area contributed by atoms with Gasteiger partial charge in [0.25, 0.3) is 5.69 Å². The summed E-state index contributed by atoms with van der Waals surface area (Å²) in [7, 11) is 1.72. The van der Waals surface area contributed by atoms with Gasteiger partial charge in [-0.3, -0.25) is 19.7 Å². The summed E-state index contributed by atoms with van der Waals surface area (Å²) in [6, 6.07) is 23.0. The maximum atomic E-state index is 13.0. The molecule has 0 atom stereocenters. The van der Waals surface area contributed by atoms with Crippen molar-refractivity contribution in [3.8, 4) is 16.9 Å². The van der Waals surface area contributed by atoms with Gasteiger partial charge in [-0.2, -0.15) is 5.10 Å². The number of aromatic nitrogens is 2. The zero-order chi connectivity index (χ0) is 25.7. The van der Waals surface area contributed by atoms with E-state index in [1.807, 2.05) is 48.5 Å². The highest BCUT2D eigenvalue weighted by Gasteiger charge is 2.17. The van der Waals surface area contributed by atoms with Crippen LogP contribution in [0.5, 0.6) is 0 Å². The molecule has 2 amide bonds. The SMILES string of the molecule is CC(=O)N(C)Cc1cccc(NC(=O)Cc2cn(-c3ccccc3)nc2-c2ccc([N+](=O)[O-])cc2)c1. The largest absolute Gasteiger partial charge is 0.342 e. The van der Waals surface area contributed by atoms with Crippen LogP contribution in [-0.4, -0.2) is 38.5 Å². The van der Waals surface area contributed by atoms with Gasteiger partial charge in [-0.05, 0) is 42.0 Å². The summed E-state index contributed by atoms with van der Waals surface area (Å²) in [5.74, 6) is -0.276. The highest BCUT2D eigenvalue weighted by molar-refractivity contribution is 5.93. The Hall–Kier alpha value is -4.79. The van der Waals surface area contributed by atoms with Gasteiger partial charge in [0, 0.05) is 55.7 Å². The Bertz CT molecular complexity index is 1400. The van der Waals surface area contributed by atoms with Gasteiger partial charge in [-0.15, -0.1) is 0 Å². The van der Waals surface area contributed by atoms with Crippen LogP contribution in [-0.2, 0) is 22.6 Å². The Kier molecular flexibility index (Phi) is 7.20. The first-order valence-electron chi connectivity index (χ1n) is 11.3. The van der Waals surface area contributed by atoms with E-state index in [9.17, 15) is 19.7 Å². The van der Waals surface area contributed by atoms with Crippen molar-refractivity contribution in [1.82, 2.24) is 14.7 Å². The first-order chi connectivity index (χ1) is 17.3.